The molecule has 61 heavy (non-hydrogen) atoms. The van der Waals surface area contributed by atoms with E-state index in [1.807, 2.05) is 134 Å². The lowest BCUT2D eigenvalue weighted by atomic mass is 10.0. The summed E-state index contributed by atoms with van der Waals surface area (Å²) >= 11 is 0. The number of rotatable bonds is 11. The molecule has 0 aliphatic carbocycles. The van der Waals surface area contributed by atoms with Crippen molar-refractivity contribution >= 4 is 5.57 Å². The van der Waals surface area contributed by atoms with E-state index in [1.54, 1.807) is 6.08 Å². The minimum absolute atomic E-state index is 0.398. The van der Waals surface area contributed by atoms with Crippen molar-refractivity contribution in [3.05, 3.63) is 225 Å². The molecule has 5 aromatic carbocycles. The first-order valence-electron chi connectivity index (χ1n) is 20.1. The molecule has 4 aromatic heterocycles. The van der Waals surface area contributed by atoms with Crippen LogP contribution in [0.5, 0.6) is 0 Å². The van der Waals surface area contributed by atoms with Crippen molar-refractivity contribution in [1.82, 2.24) is 29.9 Å². The fourth-order valence-electron chi connectivity index (χ4n) is 7.13. The minimum atomic E-state index is 0.398. The van der Waals surface area contributed by atoms with Gasteiger partial charge in [-0.15, -0.1) is 0 Å². The van der Waals surface area contributed by atoms with Gasteiger partial charge in [-0.25, -0.2) is 29.9 Å². The summed E-state index contributed by atoms with van der Waals surface area (Å²) in [5, 5.41) is 0. The highest BCUT2D eigenvalue weighted by molar-refractivity contribution is 5.79. The molecule has 0 aliphatic rings. The number of aromatic nitrogens is 6. The van der Waals surface area contributed by atoms with Crippen LogP contribution in [0.25, 0.3) is 96.0 Å². The average molecular weight is 785 g/mol. The Labute approximate surface area is 356 Å². The molecule has 9 aromatic rings. The van der Waals surface area contributed by atoms with Crippen molar-refractivity contribution < 1.29 is 0 Å². The van der Waals surface area contributed by atoms with Gasteiger partial charge in [0.05, 0.1) is 17.1 Å². The number of pyridine rings is 3. The highest BCUT2D eigenvalue weighted by Crippen LogP contribution is 2.34. The van der Waals surface area contributed by atoms with Gasteiger partial charge >= 0.3 is 0 Å². The molecule has 6 heteroatoms. The average Bonchev–Trinajstić information content (AvgIpc) is 3.35. The first-order chi connectivity index (χ1) is 30.1. The second-order valence-corrected chi connectivity index (χ2v) is 14.5. The zero-order valence-corrected chi connectivity index (χ0v) is 33.6. The van der Waals surface area contributed by atoms with Crippen molar-refractivity contribution in [3.8, 4) is 90.5 Å². The minimum Gasteiger partial charge on any atom is -0.245 e. The topological polar surface area (TPSA) is 77.3 Å². The Balaban J connectivity index is 1.32. The van der Waals surface area contributed by atoms with Gasteiger partial charge in [0.1, 0.15) is 17.1 Å². The van der Waals surface area contributed by atoms with Gasteiger partial charge in [-0.1, -0.05) is 183 Å². The maximum Gasteiger partial charge on any atom is 0.182 e. The molecule has 0 amide bonds. The van der Waals surface area contributed by atoms with Crippen LogP contribution in [-0.2, 0) is 0 Å². The molecule has 290 valence electrons. The third-order valence-electron chi connectivity index (χ3n) is 10.3. The molecule has 0 saturated carbocycles. The van der Waals surface area contributed by atoms with E-state index in [0.717, 1.165) is 67.2 Å². The quantitative estimate of drug-likeness (QED) is 0.122. The maximum atomic E-state index is 5.23. The molecule has 0 saturated heterocycles. The molecule has 0 radical (unpaired) electrons. The van der Waals surface area contributed by atoms with E-state index in [4.69, 9.17) is 29.9 Å². The smallest absolute Gasteiger partial charge is 0.182 e. The summed E-state index contributed by atoms with van der Waals surface area (Å²) in [6.07, 6.45) is 7.64. The summed E-state index contributed by atoms with van der Waals surface area (Å²) in [7, 11) is 0. The van der Waals surface area contributed by atoms with Gasteiger partial charge in [0, 0.05) is 11.1 Å². The third-order valence-corrected chi connectivity index (χ3v) is 10.3. The SMILES string of the molecule is C=C/C=C\C=C(/C)c1cc(-c2ccccc2)cc(-c2nc(-c3cc(-c4ccccc4)cc(-c4ccccc4)n3)nc(-c3cc(-c4ccccc4)cc(-c4ccccc4)n3)n2)n1. The molecular formula is C55H40N6. The first kappa shape index (κ1) is 38.3. The molecule has 9 rings (SSSR count). The molecule has 4 heterocycles. The Morgan fingerprint density at radius 2 is 0.672 bits per heavy atom. The Hall–Kier alpha value is -8.22. The summed E-state index contributed by atoms with van der Waals surface area (Å²) in [6.45, 7) is 5.88. The standard InChI is InChI=1S/C55H40N6/c1-3-4-10-21-38(2)47-32-44(39-22-11-5-12-23-39)35-50(56-47)53-59-54(51-36-45(40-24-13-6-14-25-40)33-48(57-51)42-28-17-8-18-29-42)61-55(60-53)52-37-46(41-26-15-7-16-27-41)34-49(58-52)43-30-19-9-20-31-43/h3-37H,1H2,2H3/b10-4-,38-21+. The van der Waals surface area contributed by atoms with Crippen molar-refractivity contribution in [2.45, 2.75) is 6.92 Å². The Morgan fingerprint density at radius 1 is 0.344 bits per heavy atom. The lowest BCUT2D eigenvalue weighted by molar-refractivity contribution is 1.03. The Bertz CT molecular complexity index is 2760. The summed E-state index contributed by atoms with van der Waals surface area (Å²) < 4.78 is 0. The van der Waals surface area contributed by atoms with E-state index in [-0.39, 0.29) is 0 Å². The lowest BCUT2D eigenvalue weighted by Gasteiger charge is -2.14. The van der Waals surface area contributed by atoms with Gasteiger partial charge in [0.25, 0.3) is 0 Å². The van der Waals surface area contributed by atoms with Crippen molar-refractivity contribution in [1.29, 1.82) is 0 Å². The second-order valence-electron chi connectivity index (χ2n) is 14.5. The lowest BCUT2D eigenvalue weighted by Crippen LogP contribution is -2.05. The number of hydrogen-bond acceptors (Lipinski definition) is 6. The fraction of sp³-hybridized carbons (Fsp3) is 0.0182. The predicted molar refractivity (Wildman–Crippen MR) is 250 cm³/mol. The van der Waals surface area contributed by atoms with Crippen LogP contribution in [0, 0.1) is 0 Å². The van der Waals surface area contributed by atoms with Crippen molar-refractivity contribution in [2.75, 3.05) is 0 Å². The predicted octanol–water partition coefficient (Wildman–Crippen LogP) is 13.5. The zero-order chi connectivity index (χ0) is 41.4. The monoisotopic (exact) mass is 784 g/mol. The van der Waals surface area contributed by atoms with Gasteiger partial charge < -0.3 is 0 Å². The second kappa shape index (κ2) is 17.7. The van der Waals surface area contributed by atoms with Crippen LogP contribution in [0.15, 0.2) is 219 Å². The fourth-order valence-corrected chi connectivity index (χ4v) is 7.13. The van der Waals surface area contributed by atoms with Gasteiger partial charge in [-0.05, 0) is 82.3 Å². The molecule has 6 nitrogen and oxygen atoms in total. The number of nitrogens with zero attached hydrogens (tertiary/aromatic N) is 6. The first-order valence-corrected chi connectivity index (χ1v) is 20.1. The van der Waals surface area contributed by atoms with E-state index < -0.39 is 0 Å². The van der Waals surface area contributed by atoms with Crippen LogP contribution in [0.4, 0.5) is 0 Å². The highest BCUT2D eigenvalue weighted by Gasteiger charge is 2.20. The molecule has 0 fully saturated rings. The van der Waals surface area contributed by atoms with Gasteiger partial charge in [-0.3, -0.25) is 0 Å². The number of benzene rings is 5. The largest absolute Gasteiger partial charge is 0.245 e. The summed E-state index contributed by atoms with van der Waals surface area (Å²) in [5.41, 5.74) is 13.2. The molecule has 0 bridgehead atoms. The van der Waals surface area contributed by atoms with E-state index in [9.17, 15) is 0 Å². The molecule has 0 atom stereocenters. The Kier molecular flexibility index (Phi) is 11.1. The zero-order valence-electron chi connectivity index (χ0n) is 33.6. The Morgan fingerprint density at radius 3 is 1.05 bits per heavy atom. The van der Waals surface area contributed by atoms with E-state index in [0.29, 0.717) is 34.6 Å². The summed E-state index contributed by atoms with van der Waals surface area (Å²) in [5.74, 6) is 1.20. The third kappa shape index (κ3) is 8.80. The number of allylic oxidation sites excluding steroid dienone is 5. The van der Waals surface area contributed by atoms with Gasteiger partial charge in [0.15, 0.2) is 17.5 Å². The van der Waals surface area contributed by atoms with Crippen LogP contribution < -0.4 is 0 Å². The number of hydrogen-bond donors (Lipinski definition) is 0. The summed E-state index contributed by atoms with van der Waals surface area (Å²) in [4.78, 5) is 31.3. The van der Waals surface area contributed by atoms with Crippen LogP contribution in [0.1, 0.15) is 12.6 Å². The molecule has 0 aliphatic heterocycles. The van der Waals surface area contributed by atoms with E-state index >= 15 is 0 Å². The maximum absolute atomic E-state index is 5.23. The molecule has 0 spiro atoms. The van der Waals surface area contributed by atoms with Crippen LogP contribution >= 0.6 is 0 Å². The van der Waals surface area contributed by atoms with Crippen molar-refractivity contribution in [3.63, 3.8) is 0 Å². The molecule has 0 N–H and O–H groups in total. The van der Waals surface area contributed by atoms with Crippen LogP contribution in [0.2, 0.25) is 0 Å². The van der Waals surface area contributed by atoms with E-state index in [2.05, 4.69) is 85.4 Å². The van der Waals surface area contributed by atoms with Gasteiger partial charge in [-0.2, -0.15) is 0 Å². The summed E-state index contributed by atoms with van der Waals surface area (Å²) in [6, 6.07) is 63.7. The van der Waals surface area contributed by atoms with Crippen LogP contribution in [-0.4, -0.2) is 29.9 Å². The van der Waals surface area contributed by atoms with Crippen LogP contribution in [0.3, 0.4) is 0 Å². The molecule has 0 unspecified atom stereocenters. The van der Waals surface area contributed by atoms with Crippen molar-refractivity contribution in [2.24, 2.45) is 0 Å². The van der Waals surface area contributed by atoms with E-state index in [1.165, 1.54) is 0 Å². The molecular weight excluding hydrogens is 745 g/mol. The van der Waals surface area contributed by atoms with Gasteiger partial charge in [0.2, 0.25) is 0 Å². The highest BCUT2D eigenvalue weighted by atomic mass is 15.1. The normalized spacial score (nSPS) is 11.5.